The van der Waals surface area contributed by atoms with Crippen LogP contribution in [0.15, 0.2) is 21.3 Å². The molecule has 1 aliphatic heterocycles. The summed E-state index contributed by atoms with van der Waals surface area (Å²) >= 11 is 7.98. The van der Waals surface area contributed by atoms with Crippen LogP contribution in [0.25, 0.3) is 12.2 Å². The van der Waals surface area contributed by atoms with Crippen LogP contribution in [-0.4, -0.2) is 53.0 Å². The van der Waals surface area contributed by atoms with Crippen molar-refractivity contribution in [2.45, 2.75) is 6.54 Å². The summed E-state index contributed by atoms with van der Waals surface area (Å²) in [6.45, 7) is 0.536. The number of hydrogen-bond acceptors (Lipinski definition) is 7. The van der Waals surface area contributed by atoms with E-state index in [0.717, 1.165) is 10.4 Å². The van der Waals surface area contributed by atoms with E-state index in [1.807, 2.05) is 0 Å². The number of methoxy groups -OCH3 is 2. The molecule has 0 saturated carbocycles. The van der Waals surface area contributed by atoms with Crippen molar-refractivity contribution in [3.05, 3.63) is 39.2 Å². The first-order valence-electron chi connectivity index (χ1n) is 8.05. The fourth-order valence-corrected chi connectivity index (χ4v) is 3.79. The average molecular weight is 412 g/mol. The summed E-state index contributed by atoms with van der Waals surface area (Å²) in [7, 11) is 3.01. The van der Waals surface area contributed by atoms with Gasteiger partial charge in [-0.1, -0.05) is 11.6 Å². The first-order valence-corrected chi connectivity index (χ1v) is 9.58. The number of ether oxygens (including phenoxy) is 2. The smallest absolute Gasteiger partial charge is 0.437 e. The minimum Gasteiger partial charge on any atom is -0.493 e. The maximum atomic E-state index is 12.1. The lowest BCUT2D eigenvalue weighted by atomic mass is 10.2. The van der Waals surface area contributed by atoms with Gasteiger partial charge in [0.05, 0.1) is 25.1 Å². The van der Waals surface area contributed by atoms with Crippen molar-refractivity contribution in [2.75, 3.05) is 32.4 Å². The zero-order chi connectivity index (χ0) is 19.4. The van der Waals surface area contributed by atoms with E-state index in [0.29, 0.717) is 34.5 Å². The Kier molecular flexibility index (Phi) is 6.12. The van der Waals surface area contributed by atoms with E-state index < -0.39 is 5.76 Å². The molecule has 144 valence electrons. The summed E-state index contributed by atoms with van der Waals surface area (Å²) in [6, 6.07) is 3.45. The van der Waals surface area contributed by atoms with Crippen LogP contribution in [-0.2, 0) is 11.3 Å². The van der Waals surface area contributed by atoms with Crippen LogP contribution in [0, 0.1) is 0 Å². The minimum absolute atomic E-state index is 0.0782. The van der Waals surface area contributed by atoms with Crippen LogP contribution in [0.3, 0.4) is 0 Å². The van der Waals surface area contributed by atoms with Gasteiger partial charge in [0.2, 0.25) is 11.8 Å². The van der Waals surface area contributed by atoms with E-state index >= 15 is 0 Å². The largest absolute Gasteiger partial charge is 0.493 e. The second kappa shape index (κ2) is 8.53. The van der Waals surface area contributed by atoms with Crippen molar-refractivity contribution in [1.82, 2.24) is 14.7 Å². The zero-order valence-corrected chi connectivity index (χ0v) is 16.4. The van der Waals surface area contributed by atoms with Crippen LogP contribution >= 0.6 is 23.4 Å². The predicted octanol–water partition coefficient (Wildman–Crippen LogP) is 2.21. The molecule has 8 nitrogen and oxygen atoms in total. The maximum absolute atomic E-state index is 12.1. The summed E-state index contributed by atoms with van der Waals surface area (Å²) in [6.07, 6.45) is 3.14. The minimum atomic E-state index is -0.687. The van der Waals surface area contributed by atoms with Gasteiger partial charge in [0, 0.05) is 18.4 Å². The molecule has 1 amide bonds. The van der Waals surface area contributed by atoms with Crippen LogP contribution in [0.5, 0.6) is 11.5 Å². The molecule has 0 spiro atoms. The molecule has 1 aromatic heterocycles. The highest BCUT2D eigenvalue weighted by Gasteiger charge is 2.20. The number of thioether (sulfide) groups is 1. The second-order valence-corrected chi connectivity index (χ2v) is 7.05. The Morgan fingerprint density at radius 1 is 1.37 bits per heavy atom. The molecular formula is C17H18ClN3O5S. The molecular weight excluding hydrogens is 394 g/mol. The van der Waals surface area contributed by atoms with Gasteiger partial charge in [0.25, 0.3) is 0 Å². The Bertz CT molecular complexity index is 918. The van der Waals surface area contributed by atoms with Crippen molar-refractivity contribution in [2.24, 2.45) is 0 Å². The number of aromatic nitrogens is 2. The SMILES string of the molecule is COc1ccc(C=Cc2nn(CC(=O)N3CCSC3)c(=O)o2)c(Cl)c1OC. The number of hydrogen-bond donors (Lipinski definition) is 0. The molecule has 1 aromatic carbocycles. The first kappa shape index (κ1) is 19.4. The molecule has 2 aromatic rings. The zero-order valence-electron chi connectivity index (χ0n) is 14.8. The molecule has 10 heteroatoms. The van der Waals surface area contributed by atoms with Gasteiger partial charge in [-0.3, -0.25) is 4.79 Å². The summed E-state index contributed by atoms with van der Waals surface area (Å²) < 4.78 is 16.5. The molecule has 3 rings (SSSR count). The lowest BCUT2D eigenvalue weighted by Crippen LogP contribution is -2.34. The highest BCUT2D eigenvalue weighted by molar-refractivity contribution is 7.99. The van der Waals surface area contributed by atoms with Gasteiger partial charge in [0.1, 0.15) is 6.54 Å². The Morgan fingerprint density at radius 2 is 2.19 bits per heavy atom. The van der Waals surface area contributed by atoms with Gasteiger partial charge in [-0.25, -0.2) is 4.79 Å². The van der Waals surface area contributed by atoms with Crippen molar-refractivity contribution < 1.29 is 18.7 Å². The van der Waals surface area contributed by atoms with E-state index in [1.54, 1.807) is 34.9 Å². The fraction of sp³-hybridized carbons (Fsp3) is 0.353. The van der Waals surface area contributed by atoms with Crippen LogP contribution in [0.1, 0.15) is 11.5 Å². The summed E-state index contributed by atoms with van der Waals surface area (Å²) in [5, 5.41) is 4.40. The summed E-state index contributed by atoms with van der Waals surface area (Å²) in [5.74, 6) is 1.68. The average Bonchev–Trinajstić information content (AvgIpc) is 3.31. The monoisotopic (exact) mass is 411 g/mol. The number of halogens is 1. The van der Waals surface area contributed by atoms with E-state index in [-0.39, 0.29) is 18.3 Å². The number of rotatable bonds is 6. The van der Waals surface area contributed by atoms with Gasteiger partial charge < -0.3 is 18.8 Å². The molecule has 0 unspecified atom stereocenters. The van der Waals surface area contributed by atoms with Crippen LogP contribution in [0.4, 0.5) is 0 Å². The molecule has 27 heavy (non-hydrogen) atoms. The van der Waals surface area contributed by atoms with Crippen molar-refractivity contribution in [1.29, 1.82) is 0 Å². The topological polar surface area (TPSA) is 86.8 Å². The fourth-order valence-electron chi connectivity index (χ4n) is 2.52. The molecule has 0 radical (unpaired) electrons. The van der Waals surface area contributed by atoms with Gasteiger partial charge >= 0.3 is 5.76 Å². The van der Waals surface area contributed by atoms with E-state index in [9.17, 15) is 9.59 Å². The van der Waals surface area contributed by atoms with E-state index in [2.05, 4.69) is 5.10 Å². The number of carbonyl (C=O) groups is 1. The third-order valence-electron chi connectivity index (χ3n) is 3.93. The molecule has 2 heterocycles. The molecule has 1 fully saturated rings. The second-order valence-electron chi connectivity index (χ2n) is 5.60. The van der Waals surface area contributed by atoms with Gasteiger partial charge in [0.15, 0.2) is 11.5 Å². The standard InChI is InChI=1S/C17H18ClN3O5S/c1-24-12-5-3-11(15(18)16(12)25-2)4-6-13-19-21(17(23)26-13)9-14(22)20-7-8-27-10-20/h3-6H,7-10H2,1-2H3. The molecule has 0 aliphatic carbocycles. The van der Waals surface area contributed by atoms with Gasteiger partial charge in [-0.2, -0.15) is 4.68 Å². The normalized spacial score (nSPS) is 14.1. The molecule has 1 aliphatic rings. The molecule has 0 bridgehead atoms. The molecule has 1 saturated heterocycles. The molecule has 0 atom stereocenters. The highest BCUT2D eigenvalue weighted by atomic mass is 35.5. The van der Waals surface area contributed by atoms with Crippen LogP contribution in [0.2, 0.25) is 5.02 Å². The van der Waals surface area contributed by atoms with Gasteiger partial charge in [-0.05, 0) is 23.8 Å². The van der Waals surface area contributed by atoms with Gasteiger partial charge in [-0.15, -0.1) is 16.9 Å². The Morgan fingerprint density at radius 3 is 2.85 bits per heavy atom. The number of nitrogens with zero attached hydrogens (tertiary/aromatic N) is 3. The van der Waals surface area contributed by atoms with E-state index in [4.69, 9.17) is 25.5 Å². The summed E-state index contributed by atoms with van der Waals surface area (Å²) in [5.41, 5.74) is 0.636. The lowest BCUT2D eigenvalue weighted by Gasteiger charge is -2.12. The predicted molar refractivity (Wildman–Crippen MR) is 103 cm³/mol. The number of benzene rings is 1. The summed E-state index contributed by atoms with van der Waals surface area (Å²) in [4.78, 5) is 25.7. The third kappa shape index (κ3) is 4.30. The quantitative estimate of drug-likeness (QED) is 0.720. The first-order chi connectivity index (χ1) is 13.0. The Balaban J connectivity index is 1.76. The van der Waals surface area contributed by atoms with Crippen molar-refractivity contribution >= 4 is 41.4 Å². The number of amides is 1. The van der Waals surface area contributed by atoms with E-state index in [1.165, 1.54) is 20.3 Å². The lowest BCUT2D eigenvalue weighted by molar-refractivity contribution is -0.130. The Hall–Kier alpha value is -2.39. The highest BCUT2D eigenvalue weighted by Crippen LogP contribution is 2.37. The third-order valence-corrected chi connectivity index (χ3v) is 5.29. The maximum Gasteiger partial charge on any atom is 0.437 e. The van der Waals surface area contributed by atoms with Crippen molar-refractivity contribution in [3.8, 4) is 11.5 Å². The van der Waals surface area contributed by atoms with Crippen LogP contribution < -0.4 is 15.2 Å². The molecule has 0 N–H and O–H groups in total. The Labute approximate surface area is 164 Å². The van der Waals surface area contributed by atoms with Crippen molar-refractivity contribution in [3.63, 3.8) is 0 Å². The number of carbonyl (C=O) groups excluding carboxylic acids is 1.